The summed E-state index contributed by atoms with van der Waals surface area (Å²) in [5.41, 5.74) is 8.54. The third-order valence-corrected chi connectivity index (χ3v) is 4.29. The van der Waals surface area contributed by atoms with Crippen molar-refractivity contribution in [3.05, 3.63) is 29.5 Å². The maximum atomic E-state index is 11.2. The quantitative estimate of drug-likeness (QED) is 0.808. The van der Waals surface area contributed by atoms with Crippen molar-refractivity contribution in [3.63, 3.8) is 0 Å². The van der Waals surface area contributed by atoms with Crippen LogP contribution in [0.5, 0.6) is 5.75 Å². The van der Waals surface area contributed by atoms with Gasteiger partial charge in [0.1, 0.15) is 5.75 Å². The lowest BCUT2D eigenvalue weighted by Gasteiger charge is -2.34. The van der Waals surface area contributed by atoms with Crippen molar-refractivity contribution in [1.82, 2.24) is 4.90 Å². The zero-order valence-electron chi connectivity index (χ0n) is 14.3. The number of ether oxygens (including phenoxy) is 1. The van der Waals surface area contributed by atoms with Crippen LogP contribution in [-0.4, -0.2) is 51.1 Å². The number of anilines is 2. The van der Waals surface area contributed by atoms with Gasteiger partial charge in [0.15, 0.2) is 0 Å². The Morgan fingerprint density at radius 2 is 1.87 bits per heavy atom. The molecular weight excluding hydrogens is 292 g/mol. The second-order valence-electron chi connectivity index (χ2n) is 5.92. The molecule has 1 aromatic carbocycles. The van der Waals surface area contributed by atoms with Crippen LogP contribution in [0.1, 0.15) is 13.8 Å². The molecule has 1 aromatic rings. The topological polar surface area (TPSA) is 70.8 Å². The molecule has 0 saturated carbocycles. The van der Waals surface area contributed by atoms with E-state index < -0.39 is 5.91 Å². The van der Waals surface area contributed by atoms with Crippen molar-refractivity contribution in [3.8, 4) is 5.75 Å². The summed E-state index contributed by atoms with van der Waals surface area (Å²) in [6.45, 7) is 7.60. The van der Waals surface area contributed by atoms with Gasteiger partial charge < -0.3 is 25.6 Å². The summed E-state index contributed by atoms with van der Waals surface area (Å²) in [5, 5.41) is 3.21. The summed E-state index contributed by atoms with van der Waals surface area (Å²) in [6, 6.07) is 6.00. The Kier molecular flexibility index (Phi) is 5.50. The van der Waals surface area contributed by atoms with Gasteiger partial charge in [-0.15, -0.1) is 0 Å². The van der Waals surface area contributed by atoms with Crippen LogP contribution < -0.4 is 20.7 Å². The molecule has 6 nitrogen and oxygen atoms in total. The van der Waals surface area contributed by atoms with Gasteiger partial charge in [-0.05, 0) is 33.0 Å². The summed E-state index contributed by atoms with van der Waals surface area (Å²) in [7, 11) is 3.81. The number of methoxy groups -OCH3 is 1. The monoisotopic (exact) mass is 318 g/mol. The van der Waals surface area contributed by atoms with Crippen molar-refractivity contribution in [2.24, 2.45) is 5.73 Å². The van der Waals surface area contributed by atoms with Crippen LogP contribution >= 0.6 is 0 Å². The highest BCUT2D eigenvalue weighted by Crippen LogP contribution is 2.32. The molecular formula is C17H26N4O2. The first-order valence-electron chi connectivity index (χ1n) is 7.78. The first kappa shape index (κ1) is 17.1. The molecule has 1 fully saturated rings. The number of carbonyl (C=O) groups is 1. The Labute approximate surface area is 137 Å². The lowest BCUT2D eigenvalue weighted by atomic mass is 10.2. The third-order valence-electron chi connectivity index (χ3n) is 4.29. The molecule has 0 aromatic heterocycles. The minimum absolute atomic E-state index is 0.420. The zero-order chi connectivity index (χ0) is 17.0. The van der Waals surface area contributed by atoms with E-state index in [0.29, 0.717) is 5.57 Å². The maximum absolute atomic E-state index is 11.2. The zero-order valence-corrected chi connectivity index (χ0v) is 14.3. The number of hydrogen-bond acceptors (Lipinski definition) is 5. The van der Waals surface area contributed by atoms with Gasteiger partial charge in [-0.2, -0.15) is 0 Å². The largest absolute Gasteiger partial charge is 0.495 e. The highest BCUT2D eigenvalue weighted by Gasteiger charge is 2.18. The normalized spacial score (nSPS) is 16.8. The SMILES string of the molecule is COc1cc(N/C(C)=C(/C)C(N)=O)ccc1N1CCN(C)CC1. The average Bonchev–Trinajstić information content (AvgIpc) is 2.54. The van der Waals surface area contributed by atoms with Crippen molar-refractivity contribution in [1.29, 1.82) is 0 Å². The van der Waals surface area contributed by atoms with Crippen molar-refractivity contribution in [2.45, 2.75) is 13.8 Å². The van der Waals surface area contributed by atoms with Gasteiger partial charge in [0.05, 0.1) is 12.8 Å². The van der Waals surface area contributed by atoms with Gasteiger partial charge in [0.2, 0.25) is 5.91 Å². The molecule has 0 radical (unpaired) electrons. The molecule has 6 heteroatoms. The van der Waals surface area contributed by atoms with E-state index >= 15 is 0 Å². The fraction of sp³-hybridized carbons (Fsp3) is 0.471. The number of carbonyl (C=O) groups excluding carboxylic acids is 1. The van der Waals surface area contributed by atoms with Crippen LogP contribution in [0.25, 0.3) is 0 Å². The number of allylic oxidation sites excluding steroid dienone is 1. The van der Waals surface area contributed by atoms with Crippen molar-refractivity contribution < 1.29 is 9.53 Å². The van der Waals surface area contributed by atoms with E-state index in [4.69, 9.17) is 10.5 Å². The summed E-state index contributed by atoms with van der Waals surface area (Å²) < 4.78 is 5.55. The smallest absolute Gasteiger partial charge is 0.246 e. The Morgan fingerprint density at radius 1 is 1.22 bits per heavy atom. The number of nitrogens with one attached hydrogen (secondary N) is 1. The number of rotatable bonds is 5. The predicted octanol–water partition coefficient (Wildman–Crippen LogP) is 1.64. The van der Waals surface area contributed by atoms with Crippen LogP contribution in [0.2, 0.25) is 0 Å². The molecule has 2 rings (SSSR count). The molecule has 1 heterocycles. The van der Waals surface area contributed by atoms with Gasteiger partial charge >= 0.3 is 0 Å². The number of amides is 1. The van der Waals surface area contributed by atoms with Gasteiger partial charge in [-0.1, -0.05) is 0 Å². The number of benzene rings is 1. The molecule has 0 spiro atoms. The second kappa shape index (κ2) is 7.37. The third kappa shape index (κ3) is 4.16. The van der Waals surface area contributed by atoms with Gasteiger partial charge in [-0.3, -0.25) is 4.79 Å². The molecule has 0 unspecified atom stereocenters. The van der Waals surface area contributed by atoms with E-state index in [2.05, 4.69) is 28.2 Å². The highest BCUT2D eigenvalue weighted by molar-refractivity contribution is 5.92. The van der Waals surface area contributed by atoms with E-state index in [1.807, 2.05) is 19.1 Å². The maximum Gasteiger partial charge on any atom is 0.246 e. The number of nitrogens with zero attached hydrogens (tertiary/aromatic N) is 2. The lowest BCUT2D eigenvalue weighted by Crippen LogP contribution is -2.44. The number of primary amides is 1. The molecule has 23 heavy (non-hydrogen) atoms. The number of piperazine rings is 1. The Hall–Kier alpha value is -2.21. The highest BCUT2D eigenvalue weighted by atomic mass is 16.5. The molecule has 0 aliphatic carbocycles. The predicted molar refractivity (Wildman–Crippen MR) is 93.9 cm³/mol. The molecule has 1 saturated heterocycles. The number of nitrogens with two attached hydrogens (primary N) is 1. The summed E-state index contributed by atoms with van der Waals surface area (Å²) >= 11 is 0. The Balaban J connectivity index is 2.20. The average molecular weight is 318 g/mol. The molecule has 3 N–H and O–H groups in total. The fourth-order valence-electron chi connectivity index (χ4n) is 2.56. The summed E-state index contributed by atoms with van der Waals surface area (Å²) in [4.78, 5) is 15.9. The van der Waals surface area contributed by atoms with Crippen LogP contribution in [0.15, 0.2) is 29.5 Å². The molecule has 0 bridgehead atoms. The van der Waals surface area contributed by atoms with E-state index in [1.54, 1.807) is 14.0 Å². The molecule has 0 atom stereocenters. The first-order valence-corrected chi connectivity index (χ1v) is 7.78. The Bertz CT molecular complexity index is 605. The Morgan fingerprint density at radius 3 is 2.43 bits per heavy atom. The van der Waals surface area contributed by atoms with Crippen LogP contribution in [0.4, 0.5) is 11.4 Å². The van der Waals surface area contributed by atoms with E-state index in [0.717, 1.165) is 49.0 Å². The minimum atomic E-state index is -0.420. The van der Waals surface area contributed by atoms with E-state index in [9.17, 15) is 4.79 Å². The van der Waals surface area contributed by atoms with Crippen LogP contribution in [0.3, 0.4) is 0 Å². The lowest BCUT2D eigenvalue weighted by molar-refractivity contribution is -0.114. The number of hydrogen-bond donors (Lipinski definition) is 2. The van der Waals surface area contributed by atoms with Crippen LogP contribution in [-0.2, 0) is 4.79 Å². The van der Waals surface area contributed by atoms with Crippen LogP contribution in [0, 0.1) is 0 Å². The van der Waals surface area contributed by atoms with Gasteiger partial charge in [0.25, 0.3) is 0 Å². The standard InChI is InChI=1S/C17H26N4O2/c1-12(17(18)22)13(2)19-14-5-6-15(16(11-14)23-4)21-9-7-20(3)8-10-21/h5-6,11,19H,7-10H2,1-4H3,(H2,18,22)/b13-12-. The fourth-order valence-corrected chi connectivity index (χ4v) is 2.56. The molecule has 1 aliphatic heterocycles. The molecule has 126 valence electrons. The molecule has 1 amide bonds. The van der Waals surface area contributed by atoms with E-state index in [1.165, 1.54) is 0 Å². The van der Waals surface area contributed by atoms with Crippen molar-refractivity contribution in [2.75, 3.05) is 50.6 Å². The number of likely N-dealkylation sites (N-methyl/N-ethyl adjacent to an activating group) is 1. The molecule has 1 aliphatic rings. The summed E-state index contributed by atoms with van der Waals surface area (Å²) in [5.74, 6) is 0.403. The first-order chi connectivity index (χ1) is 10.9. The second-order valence-corrected chi connectivity index (χ2v) is 5.92. The summed E-state index contributed by atoms with van der Waals surface area (Å²) in [6.07, 6.45) is 0. The van der Waals surface area contributed by atoms with Crippen molar-refractivity contribution >= 4 is 17.3 Å². The van der Waals surface area contributed by atoms with Gasteiger partial charge in [-0.25, -0.2) is 0 Å². The minimum Gasteiger partial charge on any atom is -0.495 e. The van der Waals surface area contributed by atoms with E-state index in [-0.39, 0.29) is 0 Å². The van der Waals surface area contributed by atoms with Gasteiger partial charge in [0, 0.05) is 49.2 Å².